The van der Waals surface area contributed by atoms with Crippen LogP contribution in [-0.4, -0.2) is 34.1 Å². The summed E-state index contributed by atoms with van der Waals surface area (Å²) in [4.78, 5) is 55.1. The molecule has 0 fully saturated rings. The summed E-state index contributed by atoms with van der Waals surface area (Å²) in [6.07, 6.45) is 0. The summed E-state index contributed by atoms with van der Waals surface area (Å²) in [5.41, 5.74) is 3.69. The molecule has 2 aromatic carbocycles. The first-order chi connectivity index (χ1) is 13.2. The Morgan fingerprint density at radius 1 is 0.893 bits per heavy atom. The number of carbonyl (C=O) groups is 3. The number of carbonyl (C=O) groups excluding carboxylic acids is 3. The van der Waals surface area contributed by atoms with Gasteiger partial charge in [-0.2, -0.15) is 0 Å². The molecule has 0 heterocycles. The van der Waals surface area contributed by atoms with E-state index >= 15 is 0 Å². The fourth-order valence-corrected chi connectivity index (χ4v) is 2.15. The molecule has 0 radical (unpaired) electrons. The topological polar surface area (TPSA) is 188 Å². The Bertz CT molecular complexity index is 957. The molecule has 2 aromatic rings. The van der Waals surface area contributed by atoms with E-state index in [9.17, 15) is 34.6 Å². The minimum absolute atomic E-state index is 0.115. The van der Waals surface area contributed by atoms with Gasteiger partial charge in [0.2, 0.25) is 5.91 Å². The summed E-state index contributed by atoms with van der Waals surface area (Å²) in [6, 6.07) is 8.13. The van der Waals surface area contributed by atoms with Crippen LogP contribution in [0.5, 0.6) is 0 Å². The van der Waals surface area contributed by atoms with Gasteiger partial charge in [-0.25, -0.2) is 0 Å². The summed E-state index contributed by atoms with van der Waals surface area (Å²) in [7, 11) is 0. The van der Waals surface area contributed by atoms with Gasteiger partial charge in [0.05, 0.1) is 28.0 Å². The summed E-state index contributed by atoms with van der Waals surface area (Å²) in [5, 5.41) is 26.5. The van der Waals surface area contributed by atoms with E-state index in [1.54, 1.807) is 0 Å². The first-order valence-corrected chi connectivity index (χ1v) is 7.59. The van der Waals surface area contributed by atoms with Gasteiger partial charge < -0.3 is 16.4 Å². The lowest BCUT2D eigenvalue weighted by molar-refractivity contribution is -0.394. The van der Waals surface area contributed by atoms with Crippen molar-refractivity contribution in [3.63, 3.8) is 0 Å². The first-order valence-electron chi connectivity index (χ1n) is 7.59. The van der Waals surface area contributed by atoms with Gasteiger partial charge in [0.15, 0.2) is 0 Å². The summed E-state index contributed by atoms with van der Waals surface area (Å²) < 4.78 is 0. The van der Waals surface area contributed by atoms with Gasteiger partial charge in [0.25, 0.3) is 23.2 Å². The van der Waals surface area contributed by atoms with Crippen LogP contribution in [-0.2, 0) is 4.79 Å². The molecule has 0 atom stereocenters. The zero-order valence-corrected chi connectivity index (χ0v) is 14.1. The number of hydrogen-bond acceptors (Lipinski definition) is 7. The number of nitro groups is 2. The first kappa shape index (κ1) is 20.0. The van der Waals surface area contributed by atoms with Crippen LogP contribution < -0.4 is 16.4 Å². The molecule has 0 unspecified atom stereocenters. The second-order valence-corrected chi connectivity index (χ2v) is 5.44. The molecule has 0 saturated carbocycles. The standard InChI is InChI=1S/C16H13N5O7/c17-14(22)8-18-15(23)9-2-1-3-11(4-9)19-16(24)10-5-12(20(25)26)7-13(6-10)21(27)28/h1-7H,8H2,(H2,17,22)(H,18,23)(H,19,24). The zero-order chi connectivity index (χ0) is 20.8. The lowest BCUT2D eigenvalue weighted by Gasteiger charge is -2.08. The SMILES string of the molecule is NC(=O)CNC(=O)c1cccc(NC(=O)c2cc([N+](=O)[O-])cc([N+](=O)[O-])c2)c1. The monoisotopic (exact) mass is 387 g/mol. The number of nitrogens with zero attached hydrogens (tertiary/aromatic N) is 2. The average Bonchev–Trinajstić information content (AvgIpc) is 2.65. The van der Waals surface area contributed by atoms with E-state index in [1.165, 1.54) is 24.3 Å². The Morgan fingerprint density at radius 3 is 2.04 bits per heavy atom. The van der Waals surface area contributed by atoms with Crippen LogP contribution in [0, 0.1) is 20.2 Å². The van der Waals surface area contributed by atoms with Crippen molar-refractivity contribution >= 4 is 34.8 Å². The molecule has 144 valence electrons. The van der Waals surface area contributed by atoms with Crippen LogP contribution >= 0.6 is 0 Å². The number of rotatable bonds is 7. The number of primary amides is 1. The van der Waals surface area contributed by atoms with E-state index in [2.05, 4.69) is 10.6 Å². The van der Waals surface area contributed by atoms with Crippen molar-refractivity contribution in [3.8, 4) is 0 Å². The summed E-state index contributed by atoms with van der Waals surface area (Å²) in [6.45, 7) is -0.368. The number of nitrogens with two attached hydrogens (primary N) is 1. The van der Waals surface area contributed by atoms with Crippen LogP contribution in [0.2, 0.25) is 0 Å². The van der Waals surface area contributed by atoms with Gasteiger partial charge in [-0.3, -0.25) is 34.6 Å². The van der Waals surface area contributed by atoms with Crippen LogP contribution in [0.4, 0.5) is 17.1 Å². The highest BCUT2D eigenvalue weighted by atomic mass is 16.6. The predicted octanol–water partition coefficient (Wildman–Crippen LogP) is 0.970. The van der Waals surface area contributed by atoms with Gasteiger partial charge in [-0.15, -0.1) is 0 Å². The number of hydrogen-bond donors (Lipinski definition) is 3. The second kappa shape index (κ2) is 8.35. The number of amides is 3. The van der Waals surface area contributed by atoms with E-state index in [1.807, 2.05) is 0 Å². The molecule has 28 heavy (non-hydrogen) atoms. The van der Waals surface area contributed by atoms with Crippen molar-refractivity contribution in [2.75, 3.05) is 11.9 Å². The Morgan fingerprint density at radius 2 is 1.50 bits per heavy atom. The number of benzene rings is 2. The van der Waals surface area contributed by atoms with Crippen molar-refractivity contribution < 1.29 is 24.2 Å². The van der Waals surface area contributed by atoms with Crippen molar-refractivity contribution in [3.05, 3.63) is 73.8 Å². The van der Waals surface area contributed by atoms with E-state index in [0.717, 1.165) is 18.2 Å². The summed E-state index contributed by atoms with van der Waals surface area (Å²) >= 11 is 0. The smallest absolute Gasteiger partial charge is 0.277 e. The van der Waals surface area contributed by atoms with E-state index in [0.29, 0.717) is 0 Å². The van der Waals surface area contributed by atoms with Crippen LogP contribution in [0.15, 0.2) is 42.5 Å². The highest BCUT2D eigenvalue weighted by Crippen LogP contribution is 2.23. The summed E-state index contributed by atoms with van der Waals surface area (Å²) in [5.74, 6) is -2.19. The number of anilines is 1. The molecule has 4 N–H and O–H groups in total. The number of nitro benzene ring substituents is 2. The Kier molecular flexibility index (Phi) is 5.96. The number of nitrogens with one attached hydrogen (secondary N) is 2. The fourth-order valence-electron chi connectivity index (χ4n) is 2.15. The molecule has 0 aliphatic rings. The third-order valence-corrected chi connectivity index (χ3v) is 3.39. The quantitative estimate of drug-likeness (QED) is 0.466. The zero-order valence-electron chi connectivity index (χ0n) is 14.1. The largest absolute Gasteiger partial charge is 0.368 e. The maximum Gasteiger partial charge on any atom is 0.277 e. The van der Waals surface area contributed by atoms with Crippen LogP contribution in [0.1, 0.15) is 20.7 Å². The predicted molar refractivity (Wildman–Crippen MR) is 95.7 cm³/mol. The van der Waals surface area contributed by atoms with E-state index in [-0.39, 0.29) is 23.4 Å². The maximum atomic E-state index is 12.3. The second-order valence-electron chi connectivity index (χ2n) is 5.44. The Balaban J connectivity index is 2.24. The fraction of sp³-hybridized carbons (Fsp3) is 0.0625. The lowest BCUT2D eigenvalue weighted by Crippen LogP contribution is -2.33. The molecule has 0 aliphatic heterocycles. The van der Waals surface area contributed by atoms with Crippen molar-refractivity contribution in [2.24, 2.45) is 5.73 Å². The molecule has 3 amide bonds. The molecule has 0 aliphatic carbocycles. The minimum Gasteiger partial charge on any atom is -0.368 e. The highest BCUT2D eigenvalue weighted by molar-refractivity contribution is 6.06. The maximum absolute atomic E-state index is 12.3. The third kappa shape index (κ3) is 5.08. The van der Waals surface area contributed by atoms with E-state index < -0.39 is 38.9 Å². The minimum atomic E-state index is -0.854. The molecule has 12 nitrogen and oxygen atoms in total. The lowest BCUT2D eigenvalue weighted by atomic mass is 10.1. The normalized spacial score (nSPS) is 10.0. The highest BCUT2D eigenvalue weighted by Gasteiger charge is 2.20. The molecule has 2 rings (SSSR count). The molecular weight excluding hydrogens is 374 g/mol. The van der Waals surface area contributed by atoms with Gasteiger partial charge >= 0.3 is 0 Å². The van der Waals surface area contributed by atoms with Crippen LogP contribution in [0.3, 0.4) is 0 Å². The molecule has 0 aromatic heterocycles. The molecular formula is C16H13N5O7. The van der Waals surface area contributed by atoms with Crippen molar-refractivity contribution in [1.29, 1.82) is 0 Å². The van der Waals surface area contributed by atoms with Crippen molar-refractivity contribution in [2.45, 2.75) is 0 Å². The average molecular weight is 387 g/mol. The van der Waals surface area contributed by atoms with Gasteiger partial charge in [-0.05, 0) is 18.2 Å². The van der Waals surface area contributed by atoms with Gasteiger partial charge in [0, 0.05) is 23.4 Å². The molecule has 0 spiro atoms. The Hall–Kier alpha value is -4.35. The third-order valence-electron chi connectivity index (χ3n) is 3.39. The molecule has 0 bridgehead atoms. The van der Waals surface area contributed by atoms with Gasteiger partial charge in [0.1, 0.15) is 0 Å². The van der Waals surface area contributed by atoms with E-state index in [4.69, 9.17) is 5.73 Å². The van der Waals surface area contributed by atoms with Gasteiger partial charge in [-0.1, -0.05) is 6.07 Å². The van der Waals surface area contributed by atoms with Crippen LogP contribution in [0.25, 0.3) is 0 Å². The Labute approximate surface area is 156 Å². The molecule has 12 heteroatoms. The number of non-ortho nitro benzene ring substituents is 2. The molecule has 0 saturated heterocycles. The van der Waals surface area contributed by atoms with Crippen molar-refractivity contribution in [1.82, 2.24) is 5.32 Å².